The summed E-state index contributed by atoms with van der Waals surface area (Å²) in [6.45, 7) is 1.95. The Morgan fingerprint density at radius 1 is 1.23 bits per heavy atom. The Kier molecular flexibility index (Phi) is 5.35. The molecule has 0 unspecified atom stereocenters. The van der Waals surface area contributed by atoms with Gasteiger partial charge in [0.25, 0.3) is 15.9 Å². The highest BCUT2D eigenvalue weighted by atomic mass is 32.2. The van der Waals surface area contributed by atoms with Gasteiger partial charge in [-0.3, -0.25) is 14.4 Å². The average molecular weight is 409 g/mol. The van der Waals surface area contributed by atoms with E-state index in [0.29, 0.717) is 15.7 Å². The molecule has 3 rings (SSSR count). The fourth-order valence-corrected chi connectivity index (χ4v) is 5.14. The van der Waals surface area contributed by atoms with Crippen molar-refractivity contribution in [3.8, 4) is 0 Å². The topological polar surface area (TPSA) is 92.3 Å². The molecule has 2 heterocycles. The maximum Gasteiger partial charge on any atom is 0.267 e. The number of nitrogens with one attached hydrogen (secondary N) is 1. The minimum Gasteiger partial charge on any atom is -0.296 e. The summed E-state index contributed by atoms with van der Waals surface area (Å²) in [7, 11) is -2.26. The summed E-state index contributed by atoms with van der Waals surface area (Å²) in [5.41, 5.74) is 0.547. The van der Waals surface area contributed by atoms with E-state index >= 15 is 0 Å². The molecule has 0 spiro atoms. The van der Waals surface area contributed by atoms with E-state index in [1.54, 1.807) is 24.3 Å². The Morgan fingerprint density at radius 2 is 1.96 bits per heavy atom. The van der Waals surface area contributed by atoms with Gasteiger partial charge < -0.3 is 0 Å². The van der Waals surface area contributed by atoms with Gasteiger partial charge in [-0.1, -0.05) is 36.5 Å². The predicted molar refractivity (Wildman–Crippen MR) is 104 cm³/mol. The number of benzene rings is 1. The number of thiophene rings is 1. The predicted octanol–water partition coefficient (Wildman–Crippen LogP) is 3.24. The van der Waals surface area contributed by atoms with Crippen LogP contribution in [-0.2, 0) is 16.4 Å². The highest BCUT2D eigenvalue weighted by Gasteiger charge is 2.24. The number of amides is 1. The molecule has 0 radical (unpaired) electrons. The molecule has 10 heteroatoms. The van der Waals surface area contributed by atoms with E-state index in [-0.39, 0.29) is 4.90 Å². The van der Waals surface area contributed by atoms with Gasteiger partial charge in [-0.2, -0.15) is 0 Å². The van der Waals surface area contributed by atoms with Crippen LogP contribution in [0.3, 0.4) is 0 Å². The van der Waals surface area contributed by atoms with Crippen molar-refractivity contribution in [1.82, 2.24) is 10.2 Å². The number of para-hydroxylation sites is 1. The third kappa shape index (κ3) is 3.76. The molecular formula is C16H16N4O3S3. The molecule has 2 aromatic heterocycles. The van der Waals surface area contributed by atoms with E-state index < -0.39 is 15.9 Å². The lowest BCUT2D eigenvalue weighted by Gasteiger charge is -2.18. The molecule has 0 fully saturated rings. The van der Waals surface area contributed by atoms with Gasteiger partial charge in [0.2, 0.25) is 5.13 Å². The lowest BCUT2D eigenvalue weighted by Crippen LogP contribution is -2.26. The molecule has 0 saturated carbocycles. The van der Waals surface area contributed by atoms with Crippen LogP contribution in [0.15, 0.2) is 46.7 Å². The second kappa shape index (κ2) is 7.52. The van der Waals surface area contributed by atoms with E-state index in [0.717, 1.165) is 22.8 Å². The SMILES string of the molecule is CCc1nnc(NC(=O)c2cc(S(=O)(=O)N(C)c3ccccc3)cs2)s1. The molecular weight excluding hydrogens is 392 g/mol. The number of carbonyl (C=O) groups excluding carboxylic acids is 1. The van der Waals surface area contributed by atoms with Gasteiger partial charge >= 0.3 is 0 Å². The third-order valence-corrected chi connectivity index (χ3v) is 7.39. The standard InChI is InChI=1S/C16H16N4O3S3/c1-3-14-18-19-16(25-14)17-15(21)13-9-12(10-24-13)26(22,23)20(2)11-7-5-4-6-8-11/h4-10H,3H2,1-2H3,(H,17,19,21). The Hall–Kier alpha value is -2.30. The van der Waals surface area contributed by atoms with Crippen molar-refractivity contribution in [2.24, 2.45) is 0 Å². The fraction of sp³-hybridized carbons (Fsp3) is 0.188. The van der Waals surface area contributed by atoms with Gasteiger partial charge in [-0.15, -0.1) is 21.5 Å². The summed E-state index contributed by atoms with van der Waals surface area (Å²) in [6, 6.07) is 10.1. The van der Waals surface area contributed by atoms with Crippen LogP contribution in [0.4, 0.5) is 10.8 Å². The summed E-state index contributed by atoms with van der Waals surface area (Å²) in [6.07, 6.45) is 0.737. The van der Waals surface area contributed by atoms with Gasteiger partial charge in [0.1, 0.15) is 5.01 Å². The van der Waals surface area contributed by atoms with E-state index in [9.17, 15) is 13.2 Å². The van der Waals surface area contributed by atoms with Crippen molar-refractivity contribution in [2.45, 2.75) is 18.2 Å². The first-order chi connectivity index (χ1) is 12.4. The lowest BCUT2D eigenvalue weighted by atomic mass is 10.3. The molecule has 0 bridgehead atoms. The minimum atomic E-state index is -3.74. The number of aromatic nitrogens is 2. The fourth-order valence-electron chi connectivity index (χ4n) is 2.11. The minimum absolute atomic E-state index is 0.0746. The first kappa shape index (κ1) is 18.5. The van der Waals surface area contributed by atoms with Gasteiger partial charge in [-0.25, -0.2) is 8.42 Å². The monoisotopic (exact) mass is 408 g/mol. The van der Waals surface area contributed by atoms with E-state index in [1.807, 2.05) is 13.0 Å². The second-order valence-corrected chi connectivity index (χ2v) is 9.21. The van der Waals surface area contributed by atoms with Gasteiger partial charge in [0.15, 0.2) is 0 Å². The third-order valence-electron chi connectivity index (χ3n) is 3.57. The molecule has 1 aromatic carbocycles. The maximum absolute atomic E-state index is 12.7. The number of aryl methyl sites for hydroxylation is 1. The molecule has 1 N–H and O–H groups in total. The van der Waals surface area contributed by atoms with Crippen LogP contribution in [0, 0.1) is 0 Å². The summed E-state index contributed by atoms with van der Waals surface area (Å²) in [4.78, 5) is 12.7. The molecule has 0 saturated heterocycles. The smallest absolute Gasteiger partial charge is 0.267 e. The lowest BCUT2D eigenvalue weighted by molar-refractivity contribution is 0.103. The average Bonchev–Trinajstić information content (AvgIpc) is 3.31. The molecule has 0 aliphatic rings. The zero-order chi connectivity index (χ0) is 18.7. The number of sulfonamides is 1. The number of nitrogens with zero attached hydrogens (tertiary/aromatic N) is 3. The van der Waals surface area contributed by atoms with Crippen molar-refractivity contribution in [1.29, 1.82) is 0 Å². The molecule has 1 amide bonds. The number of hydrogen-bond acceptors (Lipinski definition) is 7. The summed E-state index contributed by atoms with van der Waals surface area (Å²) < 4.78 is 26.7. The van der Waals surface area contributed by atoms with Gasteiger partial charge in [-0.05, 0) is 24.6 Å². The van der Waals surface area contributed by atoms with Crippen LogP contribution in [-0.4, -0.2) is 31.6 Å². The second-order valence-electron chi connectivity index (χ2n) is 5.26. The van der Waals surface area contributed by atoms with E-state index in [4.69, 9.17) is 0 Å². The van der Waals surface area contributed by atoms with Crippen LogP contribution >= 0.6 is 22.7 Å². The van der Waals surface area contributed by atoms with Crippen LogP contribution in [0.25, 0.3) is 0 Å². The Balaban J connectivity index is 1.79. The zero-order valence-corrected chi connectivity index (χ0v) is 16.5. The van der Waals surface area contributed by atoms with Gasteiger partial charge in [0, 0.05) is 12.4 Å². The number of hydrogen-bond donors (Lipinski definition) is 1. The largest absolute Gasteiger partial charge is 0.296 e. The molecule has 3 aromatic rings. The van der Waals surface area contributed by atoms with Crippen molar-refractivity contribution in [2.75, 3.05) is 16.7 Å². The zero-order valence-electron chi connectivity index (χ0n) is 14.0. The van der Waals surface area contributed by atoms with Crippen LogP contribution < -0.4 is 9.62 Å². The Bertz CT molecular complexity index is 1010. The van der Waals surface area contributed by atoms with Crippen molar-refractivity contribution < 1.29 is 13.2 Å². The number of rotatable bonds is 6. The first-order valence-corrected chi connectivity index (χ1v) is 10.8. The summed E-state index contributed by atoms with van der Waals surface area (Å²) >= 11 is 2.36. The first-order valence-electron chi connectivity index (χ1n) is 7.68. The molecule has 0 atom stereocenters. The van der Waals surface area contributed by atoms with Crippen molar-refractivity contribution in [3.05, 3.63) is 51.7 Å². The van der Waals surface area contributed by atoms with Crippen molar-refractivity contribution in [3.63, 3.8) is 0 Å². The van der Waals surface area contributed by atoms with Crippen molar-refractivity contribution >= 4 is 49.4 Å². The molecule has 136 valence electrons. The maximum atomic E-state index is 12.7. The summed E-state index contributed by atoms with van der Waals surface area (Å²) in [5, 5.41) is 13.1. The summed E-state index contributed by atoms with van der Waals surface area (Å²) in [5.74, 6) is -0.405. The molecule has 26 heavy (non-hydrogen) atoms. The molecule has 7 nitrogen and oxygen atoms in total. The highest BCUT2D eigenvalue weighted by Crippen LogP contribution is 2.26. The highest BCUT2D eigenvalue weighted by molar-refractivity contribution is 7.93. The molecule has 0 aliphatic carbocycles. The number of carbonyl (C=O) groups is 1. The van der Waals surface area contributed by atoms with Crippen LogP contribution in [0.2, 0.25) is 0 Å². The normalized spacial score (nSPS) is 11.3. The van der Waals surface area contributed by atoms with Crippen LogP contribution in [0.5, 0.6) is 0 Å². The Labute approximate surface area is 159 Å². The Morgan fingerprint density at radius 3 is 2.62 bits per heavy atom. The molecule has 0 aliphatic heterocycles. The van der Waals surface area contributed by atoms with Gasteiger partial charge in [0.05, 0.1) is 15.5 Å². The van der Waals surface area contributed by atoms with E-state index in [2.05, 4.69) is 15.5 Å². The quantitative estimate of drug-likeness (QED) is 0.676. The van der Waals surface area contributed by atoms with E-state index in [1.165, 1.54) is 34.1 Å². The van der Waals surface area contributed by atoms with Crippen LogP contribution in [0.1, 0.15) is 21.6 Å². The number of anilines is 2.